The Bertz CT molecular complexity index is 737. The van der Waals surface area contributed by atoms with E-state index in [1.807, 2.05) is 0 Å². The van der Waals surface area contributed by atoms with Crippen LogP contribution in [0.5, 0.6) is 0 Å². The molecule has 0 N–H and O–H groups in total. The third-order valence-electron chi connectivity index (χ3n) is 2.63. The fourth-order valence-corrected chi connectivity index (χ4v) is 3.80. The monoisotopic (exact) mass is 314 g/mol. The van der Waals surface area contributed by atoms with Gasteiger partial charge in [0.1, 0.15) is 5.82 Å². The quantitative estimate of drug-likeness (QED) is 0.846. The number of anilines is 1. The zero-order valence-electron chi connectivity index (χ0n) is 10.2. The smallest absolute Gasteiger partial charge is 0.264 e. The third-order valence-corrected chi connectivity index (χ3v) is 5.45. The van der Waals surface area contributed by atoms with Crippen molar-refractivity contribution in [2.75, 3.05) is 11.4 Å². The molecule has 106 valence electrons. The van der Waals surface area contributed by atoms with Gasteiger partial charge in [0.15, 0.2) is 0 Å². The first-order valence-electron chi connectivity index (χ1n) is 5.37. The van der Waals surface area contributed by atoms with Crippen molar-refractivity contribution in [2.24, 2.45) is 0 Å². The van der Waals surface area contributed by atoms with E-state index in [1.165, 1.54) is 24.6 Å². The molecule has 0 amide bonds. The zero-order valence-corrected chi connectivity index (χ0v) is 11.9. The summed E-state index contributed by atoms with van der Waals surface area (Å²) in [4.78, 5) is 10.4. The van der Waals surface area contributed by atoms with E-state index in [9.17, 15) is 22.7 Å². The Hall–Kier alpha value is -1.93. The largest absolute Gasteiger partial charge is 0.544 e. The van der Waals surface area contributed by atoms with Gasteiger partial charge < -0.3 is 9.90 Å². The van der Waals surface area contributed by atoms with Gasteiger partial charge in [0.05, 0.1) is 21.4 Å². The summed E-state index contributed by atoms with van der Waals surface area (Å²) in [5.74, 6) is -1.91. The number of carboxylic acids is 1. The Morgan fingerprint density at radius 3 is 2.40 bits per heavy atom. The number of carbonyl (C=O) groups excluding carboxylic acids is 1. The Labute approximate surface area is 119 Å². The maximum absolute atomic E-state index is 12.8. The third kappa shape index (κ3) is 2.66. The second kappa shape index (κ2) is 5.22. The normalized spacial score (nSPS) is 11.3. The first-order valence-corrected chi connectivity index (χ1v) is 7.69. The molecule has 0 unspecified atom stereocenters. The highest BCUT2D eigenvalue weighted by Crippen LogP contribution is 2.25. The lowest BCUT2D eigenvalue weighted by Crippen LogP contribution is -2.26. The summed E-state index contributed by atoms with van der Waals surface area (Å²) in [5.41, 5.74) is 0.271. The minimum atomic E-state index is -3.89. The van der Waals surface area contributed by atoms with Gasteiger partial charge in [-0.15, -0.1) is 11.3 Å². The van der Waals surface area contributed by atoms with Crippen LogP contribution in [0.3, 0.4) is 0 Å². The van der Waals surface area contributed by atoms with E-state index < -0.39 is 21.8 Å². The SMILES string of the molecule is CN(c1ccc(F)cc1)S(=O)(=O)c1csc(C(=O)[O-])c1. The molecule has 1 aromatic carbocycles. The van der Waals surface area contributed by atoms with Gasteiger partial charge in [-0.05, 0) is 30.3 Å². The number of hydrogen-bond acceptors (Lipinski definition) is 5. The van der Waals surface area contributed by atoms with E-state index in [0.29, 0.717) is 0 Å². The number of thiophene rings is 1. The standard InChI is InChI=1S/C12H10FNO4S2/c1-14(9-4-2-8(13)3-5-9)20(17,18)10-6-11(12(15)16)19-7-10/h2-7H,1H3,(H,15,16)/p-1. The summed E-state index contributed by atoms with van der Waals surface area (Å²) in [7, 11) is -2.58. The summed E-state index contributed by atoms with van der Waals surface area (Å²) < 4.78 is 38.3. The van der Waals surface area contributed by atoms with E-state index in [1.54, 1.807) is 0 Å². The average Bonchev–Trinajstić information content (AvgIpc) is 2.89. The number of nitrogens with zero attached hydrogens (tertiary/aromatic N) is 1. The average molecular weight is 314 g/mol. The van der Waals surface area contributed by atoms with Gasteiger partial charge in [-0.3, -0.25) is 4.31 Å². The summed E-state index contributed by atoms with van der Waals surface area (Å²) in [5, 5.41) is 11.9. The Balaban J connectivity index is 2.38. The molecule has 0 aliphatic rings. The first kappa shape index (κ1) is 14.5. The van der Waals surface area contributed by atoms with Crippen LogP contribution in [0.15, 0.2) is 40.6 Å². The lowest BCUT2D eigenvalue weighted by Gasteiger charge is -2.18. The molecule has 20 heavy (non-hydrogen) atoms. The number of carboxylic acid groups (broad SMARTS) is 1. The number of aromatic carboxylic acids is 1. The van der Waals surface area contributed by atoms with Crippen molar-refractivity contribution < 1.29 is 22.7 Å². The van der Waals surface area contributed by atoms with Gasteiger partial charge in [-0.1, -0.05) is 0 Å². The zero-order chi connectivity index (χ0) is 14.9. The minimum absolute atomic E-state index is 0.145. The van der Waals surface area contributed by atoms with Crippen LogP contribution >= 0.6 is 11.3 Å². The molecule has 0 saturated heterocycles. The fourth-order valence-electron chi connectivity index (χ4n) is 1.51. The highest BCUT2D eigenvalue weighted by Gasteiger charge is 2.22. The van der Waals surface area contributed by atoms with Crippen molar-refractivity contribution >= 4 is 33.0 Å². The van der Waals surface area contributed by atoms with Gasteiger partial charge in [-0.25, -0.2) is 12.8 Å². The van der Waals surface area contributed by atoms with Crippen molar-refractivity contribution in [1.29, 1.82) is 0 Å². The number of sulfonamides is 1. The number of benzene rings is 1. The number of carbonyl (C=O) groups is 1. The highest BCUT2D eigenvalue weighted by molar-refractivity contribution is 7.93. The van der Waals surface area contributed by atoms with Crippen molar-refractivity contribution in [3.05, 3.63) is 46.4 Å². The van der Waals surface area contributed by atoms with Gasteiger partial charge in [0.25, 0.3) is 10.0 Å². The first-order chi connectivity index (χ1) is 9.32. The Morgan fingerprint density at radius 2 is 1.90 bits per heavy atom. The molecule has 0 atom stereocenters. The molecule has 0 saturated carbocycles. The van der Waals surface area contributed by atoms with Gasteiger partial charge in [-0.2, -0.15) is 0 Å². The topological polar surface area (TPSA) is 77.5 Å². The molecule has 0 spiro atoms. The number of rotatable bonds is 4. The summed E-state index contributed by atoms with van der Waals surface area (Å²) in [6, 6.07) is 5.95. The molecular weight excluding hydrogens is 305 g/mol. The Morgan fingerprint density at radius 1 is 1.30 bits per heavy atom. The van der Waals surface area contributed by atoms with Crippen LogP contribution in [0, 0.1) is 5.82 Å². The maximum Gasteiger partial charge on any atom is 0.264 e. The van der Waals surface area contributed by atoms with Gasteiger partial charge in [0.2, 0.25) is 0 Å². The molecule has 1 heterocycles. The van der Waals surface area contributed by atoms with E-state index in [0.717, 1.165) is 33.8 Å². The van der Waals surface area contributed by atoms with Crippen LogP contribution in [-0.4, -0.2) is 21.4 Å². The molecule has 0 aliphatic carbocycles. The predicted molar refractivity (Wildman–Crippen MR) is 70.6 cm³/mol. The lowest BCUT2D eigenvalue weighted by atomic mass is 10.3. The lowest BCUT2D eigenvalue weighted by molar-refractivity contribution is -0.254. The second-order valence-corrected chi connectivity index (χ2v) is 6.76. The van der Waals surface area contributed by atoms with Crippen LogP contribution in [0.1, 0.15) is 9.67 Å². The number of hydrogen-bond donors (Lipinski definition) is 0. The molecular formula is C12H9FNO4S2-. The van der Waals surface area contributed by atoms with Gasteiger partial charge >= 0.3 is 0 Å². The molecule has 8 heteroatoms. The molecule has 2 aromatic rings. The molecule has 2 rings (SSSR count). The van der Waals surface area contributed by atoms with E-state index >= 15 is 0 Å². The molecule has 5 nitrogen and oxygen atoms in total. The van der Waals surface area contributed by atoms with Crippen LogP contribution in [0.4, 0.5) is 10.1 Å². The Kier molecular flexibility index (Phi) is 3.78. The predicted octanol–water partition coefficient (Wildman–Crippen LogP) is 1.08. The molecule has 0 radical (unpaired) electrons. The van der Waals surface area contributed by atoms with Crippen LogP contribution in [0.25, 0.3) is 0 Å². The van der Waals surface area contributed by atoms with Crippen LogP contribution in [0.2, 0.25) is 0 Å². The molecule has 0 aliphatic heterocycles. The summed E-state index contributed by atoms with van der Waals surface area (Å²) >= 11 is 0.772. The van der Waals surface area contributed by atoms with Gasteiger partial charge in [0, 0.05) is 12.4 Å². The van der Waals surface area contributed by atoms with Crippen molar-refractivity contribution in [3.8, 4) is 0 Å². The highest BCUT2D eigenvalue weighted by atomic mass is 32.2. The van der Waals surface area contributed by atoms with Crippen LogP contribution < -0.4 is 9.41 Å². The van der Waals surface area contributed by atoms with E-state index in [2.05, 4.69) is 0 Å². The van der Waals surface area contributed by atoms with Crippen molar-refractivity contribution in [3.63, 3.8) is 0 Å². The fraction of sp³-hybridized carbons (Fsp3) is 0.0833. The van der Waals surface area contributed by atoms with E-state index in [4.69, 9.17) is 0 Å². The summed E-state index contributed by atoms with van der Waals surface area (Å²) in [6.45, 7) is 0. The number of halogens is 1. The maximum atomic E-state index is 12.8. The second-order valence-electron chi connectivity index (χ2n) is 3.88. The van der Waals surface area contributed by atoms with Crippen molar-refractivity contribution in [2.45, 2.75) is 4.90 Å². The van der Waals surface area contributed by atoms with E-state index in [-0.39, 0.29) is 15.5 Å². The molecule has 1 aromatic heterocycles. The minimum Gasteiger partial charge on any atom is -0.544 e. The van der Waals surface area contributed by atoms with Crippen LogP contribution in [-0.2, 0) is 10.0 Å². The van der Waals surface area contributed by atoms with Crippen molar-refractivity contribution in [1.82, 2.24) is 0 Å². The molecule has 0 bridgehead atoms. The molecule has 0 fully saturated rings. The summed E-state index contributed by atoms with van der Waals surface area (Å²) in [6.07, 6.45) is 0.